The molecule has 1 aromatic heterocycles. The van der Waals surface area contributed by atoms with Gasteiger partial charge in [0.1, 0.15) is 11.3 Å². The summed E-state index contributed by atoms with van der Waals surface area (Å²) >= 11 is 3.41. The molecule has 0 amide bonds. The summed E-state index contributed by atoms with van der Waals surface area (Å²) in [5.74, 6) is -1.41. The highest BCUT2D eigenvalue weighted by Crippen LogP contribution is 2.31. The van der Waals surface area contributed by atoms with Gasteiger partial charge in [-0.3, -0.25) is 4.98 Å². The van der Waals surface area contributed by atoms with E-state index in [2.05, 4.69) is 20.9 Å². The van der Waals surface area contributed by atoms with E-state index < -0.39 is 5.97 Å². The molecular weight excluding hydrogens is 286 g/mol. The number of benzene rings is 1. The molecule has 0 atom stereocenters. The number of fused-ring (bicyclic) bond motifs is 1. The Labute approximate surface area is 106 Å². The first kappa shape index (κ1) is 11.9. The van der Waals surface area contributed by atoms with Crippen molar-refractivity contribution in [2.75, 3.05) is 0 Å². The standard InChI is InChI=1S/C12H10BrNO3/c1-2-6-3-7-10(4-9(6)13)14-5-8(11(7)15)12(16)17/h3-5H,2H2,1H3,(H,14,15)(H,16,17). The van der Waals surface area contributed by atoms with Crippen LogP contribution in [0.25, 0.3) is 10.9 Å². The predicted octanol–water partition coefficient (Wildman–Crippen LogP) is 2.96. The minimum Gasteiger partial charge on any atom is -0.506 e. The van der Waals surface area contributed by atoms with Crippen molar-refractivity contribution in [2.45, 2.75) is 13.3 Å². The number of aromatic carboxylic acids is 1. The topological polar surface area (TPSA) is 70.4 Å². The van der Waals surface area contributed by atoms with Gasteiger partial charge in [-0.2, -0.15) is 0 Å². The van der Waals surface area contributed by atoms with Crippen LogP contribution in [0.4, 0.5) is 0 Å². The van der Waals surface area contributed by atoms with Crippen molar-refractivity contribution < 1.29 is 15.0 Å². The number of carboxylic acids is 1. The van der Waals surface area contributed by atoms with Crippen LogP contribution >= 0.6 is 15.9 Å². The molecule has 2 rings (SSSR count). The van der Waals surface area contributed by atoms with Crippen molar-refractivity contribution in [1.29, 1.82) is 0 Å². The summed E-state index contributed by atoms with van der Waals surface area (Å²) in [6, 6.07) is 3.54. The zero-order valence-electron chi connectivity index (χ0n) is 9.07. The second-order valence-corrected chi connectivity index (χ2v) is 4.49. The lowest BCUT2D eigenvalue weighted by Gasteiger charge is -2.07. The summed E-state index contributed by atoms with van der Waals surface area (Å²) in [6.07, 6.45) is 1.95. The Bertz CT molecular complexity index is 610. The van der Waals surface area contributed by atoms with E-state index in [0.29, 0.717) is 10.9 Å². The summed E-state index contributed by atoms with van der Waals surface area (Å²) in [6.45, 7) is 1.98. The summed E-state index contributed by atoms with van der Waals surface area (Å²) in [4.78, 5) is 14.9. The van der Waals surface area contributed by atoms with Crippen LogP contribution in [0.2, 0.25) is 0 Å². The van der Waals surface area contributed by atoms with E-state index in [1.54, 1.807) is 12.1 Å². The number of hydrogen-bond acceptors (Lipinski definition) is 3. The third-order valence-electron chi connectivity index (χ3n) is 2.62. The molecule has 0 unspecified atom stereocenters. The monoisotopic (exact) mass is 295 g/mol. The minimum atomic E-state index is -1.18. The van der Waals surface area contributed by atoms with Crippen LogP contribution in [-0.4, -0.2) is 21.2 Å². The first-order chi connectivity index (χ1) is 8.04. The number of halogens is 1. The van der Waals surface area contributed by atoms with Gasteiger partial charge in [0.25, 0.3) is 0 Å². The van der Waals surface area contributed by atoms with Crippen LogP contribution < -0.4 is 0 Å². The number of rotatable bonds is 2. The maximum atomic E-state index is 10.9. The largest absolute Gasteiger partial charge is 0.506 e. The van der Waals surface area contributed by atoms with E-state index in [1.165, 1.54) is 0 Å². The second kappa shape index (κ2) is 4.33. The summed E-state index contributed by atoms with van der Waals surface area (Å²) in [7, 11) is 0. The molecule has 0 fully saturated rings. The molecule has 1 heterocycles. The third-order valence-corrected chi connectivity index (χ3v) is 3.36. The van der Waals surface area contributed by atoms with Gasteiger partial charge in [0.2, 0.25) is 0 Å². The van der Waals surface area contributed by atoms with Crippen molar-refractivity contribution in [2.24, 2.45) is 0 Å². The van der Waals surface area contributed by atoms with Gasteiger partial charge in [-0.1, -0.05) is 22.9 Å². The van der Waals surface area contributed by atoms with E-state index in [0.717, 1.165) is 22.7 Å². The van der Waals surface area contributed by atoms with Crippen molar-refractivity contribution in [3.05, 3.63) is 33.9 Å². The highest BCUT2D eigenvalue weighted by atomic mass is 79.9. The van der Waals surface area contributed by atoms with Crippen molar-refractivity contribution in [3.63, 3.8) is 0 Å². The zero-order chi connectivity index (χ0) is 12.6. The number of carboxylic acid groups (broad SMARTS) is 1. The Morgan fingerprint density at radius 3 is 2.76 bits per heavy atom. The summed E-state index contributed by atoms with van der Waals surface area (Å²) < 4.78 is 0.905. The molecule has 0 saturated carbocycles. The van der Waals surface area contributed by atoms with E-state index in [-0.39, 0.29) is 11.3 Å². The third kappa shape index (κ3) is 1.98. The quantitative estimate of drug-likeness (QED) is 0.893. The molecular formula is C12H10BrNO3. The van der Waals surface area contributed by atoms with Gasteiger partial charge in [0.05, 0.1) is 5.52 Å². The number of nitrogens with zero attached hydrogens (tertiary/aromatic N) is 1. The van der Waals surface area contributed by atoms with Crippen LogP contribution in [0.15, 0.2) is 22.8 Å². The molecule has 2 N–H and O–H groups in total. The fourth-order valence-corrected chi connectivity index (χ4v) is 2.28. The highest BCUT2D eigenvalue weighted by Gasteiger charge is 2.14. The molecule has 0 bridgehead atoms. The lowest BCUT2D eigenvalue weighted by molar-refractivity contribution is 0.0693. The normalized spacial score (nSPS) is 10.7. The number of hydrogen-bond donors (Lipinski definition) is 2. The second-order valence-electron chi connectivity index (χ2n) is 3.64. The maximum absolute atomic E-state index is 10.9. The average Bonchev–Trinajstić information content (AvgIpc) is 2.28. The van der Waals surface area contributed by atoms with E-state index >= 15 is 0 Å². The predicted molar refractivity (Wildman–Crippen MR) is 67.4 cm³/mol. The van der Waals surface area contributed by atoms with Gasteiger partial charge >= 0.3 is 5.97 Å². The van der Waals surface area contributed by atoms with Gasteiger partial charge < -0.3 is 10.2 Å². The van der Waals surface area contributed by atoms with Gasteiger partial charge in [-0.05, 0) is 24.1 Å². The molecule has 1 aromatic carbocycles. The lowest BCUT2D eigenvalue weighted by atomic mass is 10.1. The van der Waals surface area contributed by atoms with Crippen LogP contribution in [0.3, 0.4) is 0 Å². The molecule has 4 nitrogen and oxygen atoms in total. The Kier molecular flexibility index (Phi) is 3.02. The van der Waals surface area contributed by atoms with Gasteiger partial charge in [-0.25, -0.2) is 4.79 Å². The molecule has 0 aliphatic heterocycles. The molecule has 5 heteroatoms. The number of carbonyl (C=O) groups is 1. The van der Waals surface area contributed by atoms with Crippen molar-refractivity contribution in [3.8, 4) is 5.75 Å². The molecule has 88 valence electrons. The fraction of sp³-hybridized carbons (Fsp3) is 0.167. The van der Waals surface area contributed by atoms with Crippen molar-refractivity contribution >= 4 is 32.8 Å². The molecule has 0 spiro atoms. The van der Waals surface area contributed by atoms with Crippen LogP contribution in [0.5, 0.6) is 5.75 Å². The first-order valence-corrected chi connectivity index (χ1v) is 5.87. The Balaban J connectivity index is 2.80. The summed E-state index contributed by atoms with van der Waals surface area (Å²) in [5.41, 5.74) is 1.38. The van der Waals surface area contributed by atoms with E-state index in [1.807, 2.05) is 6.92 Å². The van der Waals surface area contributed by atoms with Gasteiger partial charge in [0, 0.05) is 16.1 Å². The van der Waals surface area contributed by atoms with Crippen LogP contribution in [0.1, 0.15) is 22.8 Å². The minimum absolute atomic E-state index is 0.179. The Hall–Kier alpha value is -1.62. The van der Waals surface area contributed by atoms with E-state index in [9.17, 15) is 9.90 Å². The summed E-state index contributed by atoms with van der Waals surface area (Å²) in [5, 5.41) is 19.3. The van der Waals surface area contributed by atoms with E-state index in [4.69, 9.17) is 5.11 Å². The molecule has 17 heavy (non-hydrogen) atoms. The van der Waals surface area contributed by atoms with Gasteiger partial charge in [-0.15, -0.1) is 0 Å². The number of pyridine rings is 1. The molecule has 0 radical (unpaired) electrons. The number of aromatic nitrogens is 1. The molecule has 2 aromatic rings. The lowest BCUT2D eigenvalue weighted by Crippen LogP contribution is -1.99. The first-order valence-electron chi connectivity index (χ1n) is 5.08. The zero-order valence-corrected chi connectivity index (χ0v) is 10.7. The Morgan fingerprint density at radius 2 is 2.18 bits per heavy atom. The SMILES string of the molecule is CCc1cc2c(O)c(C(=O)O)cnc2cc1Br. The van der Waals surface area contributed by atoms with Gasteiger partial charge in [0.15, 0.2) is 0 Å². The number of aromatic hydroxyl groups is 1. The van der Waals surface area contributed by atoms with Crippen molar-refractivity contribution in [1.82, 2.24) is 4.98 Å². The van der Waals surface area contributed by atoms with Crippen LogP contribution in [-0.2, 0) is 6.42 Å². The molecule has 0 aliphatic carbocycles. The fourth-order valence-electron chi connectivity index (χ4n) is 1.67. The smallest absolute Gasteiger partial charge is 0.341 e. The average molecular weight is 296 g/mol. The Morgan fingerprint density at radius 1 is 1.47 bits per heavy atom. The highest BCUT2D eigenvalue weighted by molar-refractivity contribution is 9.10. The molecule has 0 aliphatic rings. The van der Waals surface area contributed by atoms with Crippen LogP contribution in [0, 0.1) is 0 Å². The number of aryl methyl sites for hydroxylation is 1. The maximum Gasteiger partial charge on any atom is 0.341 e. The molecule has 0 saturated heterocycles.